The van der Waals surface area contributed by atoms with Crippen LogP contribution in [0.3, 0.4) is 0 Å². The quantitative estimate of drug-likeness (QED) is 0.0233. The lowest BCUT2D eigenvalue weighted by atomic mass is 9.81. The molecule has 3 N–H and O–H groups in total. The molecule has 12 heterocycles. The molecule has 0 aliphatic carbocycles. The first-order valence-electron chi connectivity index (χ1n) is 46.5. The van der Waals surface area contributed by atoms with Gasteiger partial charge in [0.25, 0.3) is 11.8 Å². The molecular formula is C102H117Cl6N15O9S3Si2. The number of nitrogens with zero attached hydrogens (tertiary/aromatic N) is 13. The number of amides is 2. The van der Waals surface area contributed by atoms with Crippen LogP contribution in [0.15, 0.2) is 230 Å². The summed E-state index contributed by atoms with van der Waals surface area (Å²) >= 11 is 41.4. The fraction of sp³-hybridized carbons (Fsp3) is 0.412. The number of allylic oxidation sites excluding steroid dienone is 3. The lowest BCUT2D eigenvalue weighted by molar-refractivity contribution is -0.132. The lowest BCUT2D eigenvalue weighted by Gasteiger charge is -2.37. The number of halogens is 6. The number of thioether (sulfide) groups is 3. The number of aromatic nitrogens is 6. The number of carboxylic acid groups (broad SMARTS) is 1. The zero-order valence-electron chi connectivity index (χ0n) is 79.6. The molecule has 9 aliphatic heterocycles. The molecule has 9 atom stereocenters. The summed E-state index contributed by atoms with van der Waals surface area (Å²) in [5, 5.41) is 19.2. The van der Waals surface area contributed by atoms with Gasteiger partial charge in [-0.1, -0.05) is 223 Å². The number of H-pyrrole nitrogens is 1. The highest BCUT2D eigenvalue weighted by atomic mass is 35.5. The molecule has 0 bridgehead atoms. The highest BCUT2D eigenvalue weighted by Crippen LogP contribution is 2.61. The number of amidine groups is 3. The van der Waals surface area contributed by atoms with Crippen molar-refractivity contribution >= 4 is 172 Å². The number of ether oxygens (including phenoxy) is 2. The highest BCUT2D eigenvalue weighted by molar-refractivity contribution is 8.18. The van der Waals surface area contributed by atoms with E-state index < -0.39 is 50.8 Å². The van der Waals surface area contributed by atoms with Gasteiger partial charge in [-0.05, 0) is 237 Å². The third-order valence-electron chi connectivity index (χ3n) is 26.2. The first kappa shape index (κ1) is 102. The fourth-order valence-corrected chi connectivity index (χ4v) is 25.4. The minimum Gasteiger partial charge on any atom is -0.477 e. The minimum absolute atomic E-state index is 0.00970. The van der Waals surface area contributed by atoms with Crippen molar-refractivity contribution in [3.05, 3.63) is 296 Å². The second-order valence-corrected chi connectivity index (χ2v) is 56.3. The number of carboxylic acids is 1. The standard InChI is InChI=1S/C36H43Cl2N5O3SSi.C30H29Cl2N5O2S.C22H20Cl2N2O2S.C14H25N3O2Si/c1-23(2)29-31(34(45)42-18-7-8-28(42)30(44)33-39-17-19-41(33)22-46-20-21-48(4,5)6)47-35-40-36(3,25-11-15-27(38)16-12-25)32(43(29)35)24-9-13-26(37)14-10-24;1-17(2)23-25(28(39)36-16-4-5-22(36)24(38)27-33-14-15-34-27)40-29-35-30(3,19-8-12-21(32)13-9-19)26(37(23)29)18-6-10-20(31)11-7-18;1-12(2)17-18(20(27)28)29-21-25-22(3,14-6-10-16(24)11-7-14)19(26(17)21)13-4-8-15(23)9-5-13;1-20(2,3)10-9-19-11-17-8-7-16-14(17)13(18)12-5-4-6-15-12/h9-17,19,23,28,32H,7-8,18,20-22H2,1-6H3;6-15,17,22,26H,4-5,16H2,1-3H3,(H,33,34);4-12,19H,1-3H3,(H,27,28);7-8,12,15H,4-6,9-11H2,1-3H3/t28-,32+,36-;22-,26+,30-;19-,22+;12-/m0010/s1. The van der Waals surface area contributed by atoms with Crippen molar-refractivity contribution in [1.29, 1.82) is 0 Å². The summed E-state index contributed by atoms with van der Waals surface area (Å²) in [6.45, 7) is 36.7. The van der Waals surface area contributed by atoms with Crippen LogP contribution in [0.4, 0.5) is 0 Å². The maximum absolute atomic E-state index is 14.6. The van der Waals surface area contributed by atoms with Crippen LogP contribution >= 0.6 is 105 Å². The summed E-state index contributed by atoms with van der Waals surface area (Å²) in [6.07, 6.45) is 14.8. The van der Waals surface area contributed by atoms with E-state index in [1.165, 1.54) is 35.3 Å². The number of rotatable bonds is 28. The smallest absolute Gasteiger partial charge is 0.344 e. The third-order valence-corrected chi connectivity index (χ3v) is 34.3. The number of carbonyl (C=O) groups excluding carboxylic acids is 5. The van der Waals surface area contributed by atoms with Crippen molar-refractivity contribution in [1.82, 2.24) is 58.9 Å². The number of Topliss-reactive ketones (excluding diaryl/α,β-unsaturated/α-hetero) is 3. The van der Waals surface area contributed by atoms with Gasteiger partial charge in [-0.3, -0.25) is 24.0 Å². The van der Waals surface area contributed by atoms with Gasteiger partial charge in [0, 0.05) is 127 Å². The summed E-state index contributed by atoms with van der Waals surface area (Å²) in [6, 6.07) is 47.0. The molecule has 0 unspecified atom stereocenters. The van der Waals surface area contributed by atoms with Crippen molar-refractivity contribution in [2.45, 2.75) is 219 Å². The Morgan fingerprint density at radius 3 is 1.10 bits per heavy atom. The number of hydrogen-bond donors (Lipinski definition) is 3. The van der Waals surface area contributed by atoms with E-state index in [0.717, 1.165) is 112 Å². The average Bonchev–Trinajstić information content (AvgIpc) is 1.58. The molecule has 3 saturated heterocycles. The summed E-state index contributed by atoms with van der Waals surface area (Å²) < 4.78 is 15.2. The summed E-state index contributed by atoms with van der Waals surface area (Å²) in [5.41, 5.74) is 6.89. The predicted molar refractivity (Wildman–Crippen MR) is 558 cm³/mol. The minimum atomic E-state index is -1.24. The number of nitrogens with one attached hydrogen (secondary N) is 2. The van der Waals surface area contributed by atoms with Crippen molar-refractivity contribution < 1.29 is 43.3 Å². The maximum Gasteiger partial charge on any atom is 0.344 e. The van der Waals surface area contributed by atoms with Crippen molar-refractivity contribution in [2.75, 3.05) is 32.8 Å². The van der Waals surface area contributed by atoms with E-state index in [2.05, 4.69) is 128 Å². The van der Waals surface area contributed by atoms with Crippen LogP contribution in [0.1, 0.15) is 184 Å². The Labute approximate surface area is 846 Å². The highest BCUT2D eigenvalue weighted by Gasteiger charge is 2.58. The van der Waals surface area contributed by atoms with E-state index in [0.29, 0.717) is 101 Å². The molecular weight excluding hydrogens is 1940 g/mol. The number of ketones is 3. The maximum atomic E-state index is 14.6. The van der Waals surface area contributed by atoms with Crippen molar-refractivity contribution in [3.63, 3.8) is 0 Å². The van der Waals surface area contributed by atoms with Gasteiger partial charge in [-0.2, -0.15) is 0 Å². The molecule has 3 fully saturated rings. The third kappa shape index (κ3) is 22.1. The second-order valence-electron chi connectivity index (χ2n) is 39.5. The van der Waals surface area contributed by atoms with Gasteiger partial charge in [0.05, 0.1) is 36.3 Å². The Kier molecular flexibility index (Phi) is 32.1. The van der Waals surface area contributed by atoms with Crippen molar-refractivity contribution in [2.24, 2.45) is 32.7 Å². The van der Waals surface area contributed by atoms with Crippen LogP contribution in [-0.2, 0) is 53.9 Å². The van der Waals surface area contributed by atoms with Gasteiger partial charge in [0.2, 0.25) is 17.3 Å². The van der Waals surface area contributed by atoms with Crippen LogP contribution in [0.25, 0.3) is 0 Å². The molecule has 24 nitrogen and oxygen atoms in total. The average molecular weight is 2060 g/mol. The van der Waals surface area contributed by atoms with Crippen LogP contribution in [0.5, 0.6) is 0 Å². The molecule has 722 valence electrons. The van der Waals surface area contributed by atoms with Crippen LogP contribution < -0.4 is 5.32 Å². The van der Waals surface area contributed by atoms with Crippen LogP contribution in [0, 0.1) is 17.8 Å². The summed E-state index contributed by atoms with van der Waals surface area (Å²) in [7, 11) is -2.30. The van der Waals surface area contributed by atoms with Crippen LogP contribution in [0.2, 0.25) is 81.5 Å². The van der Waals surface area contributed by atoms with E-state index in [9.17, 15) is 33.9 Å². The molecule has 18 rings (SSSR count). The fourth-order valence-electron chi connectivity index (χ4n) is 19.1. The molecule has 9 aromatic rings. The van der Waals surface area contributed by atoms with E-state index >= 15 is 0 Å². The van der Waals surface area contributed by atoms with E-state index in [1.54, 1.807) is 45.4 Å². The Hall–Kier alpha value is -8.90. The Balaban J connectivity index is 0.000000145. The monoisotopic (exact) mass is 2060 g/mol. The number of likely N-dealkylation sites (tertiary alicyclic amines) is 2. The number of imidazole rings is 3. The molecule has 35 heteroatoms. The van der Waals surface area contributed by atoms with E-state index in [1.807, 2.05) is 170 Å². The largest absolute Gasteiger partial charge is 0.477 e. The number of aromatic amines is 1. The lowest BCUT2D eigenvalue weighted by Crippen LogP contribution is -2.42. The normalized spacial score (nSPS) is 22.8. The Morgan fingerprint density at radius 1 is 0.445 bits per heavy atom. The molecule has 0 radical (unpaired) electrons. The summed E-state index contributed by atoms with van der Waals surface area (Å²) in [5.74, 6) is -0.204. The zero-order valence-corrected chi connectivity index (χ0v) is 88.6. The van der Waals surface area contributed by atoms with Crippen LogP contribution in [-0.4, -0.2) is 176 Å². The van der Waals surface area contributed by atoms with E-state index in [4.69, 9.17) is 94.1 Å². The molecule has 137 heavy (non-hydrogen) atoms. The number of carbonyl (C=O) groups is 6. The Morgan fingerprint density at radius 2 is 0.781 bits per heavy atom. The topological polar surface area (TPSA) is 271 Å². The number of hydrogen-bond acceptors (Lipinski definition) is 21. The number of aliphatic carboxylic acids is 1. The van der Waals surface area contributed by atoms with Gasteiger partial charge < -0.3 is 58.5 Å². The van der Waals surface area contributed by atoms with Crippen molar-refractivity contribution in [3.8, 4) is 0 Å². The molecule has 2 amide bonds. The first-order valence-corrected chi connectivity index (χ1v) is 58.7. The van der Waals surface area contributed by atoms with Gasteiger partial charge >= 0.3 is 5.97 Å². The molecule has 0 spiro atoms. The van der Waals surface area contributed by atoms with Gasteiger partial charge in [-0.15, -0.1) is 0 Å². The summed E-state index contributed by atoms with van der Waals surface area (Å²) in [4.78, 5) is 123. The van der Waals surface area contributed by atoms with E-state index in [-0.39, 0.29) is 83.6 Å². The SMILES string of the molecule is CC(C)C1=C(C(=O)N2CCC[C@H]2C(=O)c2ncc[nH]2)SC2=N[C@@](C)(c3ccc(Cl)cc3)[C@@H](c3ccc(Cl)cc3)N21.CC(C)C1=C(C(=O)N2CCC[C@H]2C(=O)c2nccn2COCC[Si](C)(C)C)SC2=N[C@@](C)(c3ccc(Cl)cc3)[C@@H](c3ccc(Cl)cc3)N21.CC(C)C1=C(C(=O)O)SC2=N[C@@](C)(c3ccc(Cl)cc3)[C@@H](c3ccc(Cl)cc3)N21.C[Si](C)(C)CCOCn1ccnc1C(=O)[C@@H]1CCCN1. The Bertz CT molecular complexity index is 6160. The molecule has 6 aromatic carbocycles. The second kappa shape index (κ2) is 42.9. The number of aliphatic imine (C=N–C) groups is 3. The molecule has 3 aromatic heterocycles. The van der Waals surface area contributed by atoms with Gasteiger partial charge in [0.15, 0.2) is 33.0 Å². The number of fused-ring (bicyclic) bond motifs is 3. The number of benzene rings is 6. The first-order chi connectivity index (χ1) is 65.2. The molecule has 9 aliphatic rings. The van der Waals surface area contributed by atoms with Gasteiger partial charge in [-0.25, -0.2) is 34.7 Å². The molecule has 0 saturated carbocycles. The van der Waals surface area contributed by atoms with Gasteiger partial charge in [0.1, 0.15) is 44.8 Å². The predicted octanol–water partition coefficient (Wildman–Crippen LogP) is 23.9. The zero-order chi connectivity index (χ0) is 98.1.